The minimum absolute atomic E-state index is 0.0169. The molecule has 3 atom stereocenters. The van der Waals surface area contributed by atoms with E-state index in [9.17, 15) is 43.1 Å². The molecule has 0 amide bonds. The van der Waals surface area contributed by atoms with Gasteiger partial charge in [0.25, 0.3) is 0 Å². The predicted octanol–water partition coefficient (Wildman–Crippen LogP) is 1.03. The maximum atomic E-state index is 10.9. The number of piperidine rings is 9. The molecule has 0 aliphatic carbocycles. The SMILES string of the molecule is C#COC1C[N+]2(COP(=O)([O-])[O-])CCC1CC2.C=C(C)OC1C[N+]2(COP(=O)([O-])[O-])CCC1CC2.CCCCCCSc1nccnc1COC1C[N+]2(COP(=O)([O-])[O-])CCC1CC2. The van der Waals surface area contributed by atoms with E-state index < -0.39 is 23.5 Å². The van der Waals surface area contributed by atoms with Crippen molar-refractivity contribution in [2.75, 3.05) is 84.8 Å². The second kappa shape index (κ2) is 23.7. The molecule has 364 valence electrons. The minimum atomic E-state index is -4.96. The molecule has 9 fully saturated rings. The van der Waals surface area contributed by atoms with E-state index >= 15 is 0 Å². The number of fused-ring (bicyclic) bond motifs is 9. The van der Waals surface area contributed by atoms with Crippen molar-refractivity contribution in [1.82, 2.24) is 9.97 Å². The van der Waals surface area contributed by atoms with E-state index in [1.54, 1.807) is 24.2 Å². The summed E-state index contributed by atoms with van der Waals surface area (Å²) in [5.74, 6) is 3.11. The van der Waals surface area contributed by atoms with E-state index in [1.807, 2.05) is 6.92 Å². The molecule has 10 heterocycles. The molecule has 64 heavy (non-hydrogen) atoms. The summed E-state index contributed by atoms with van der Waals surface area (Å²) in [6.45, 7) is 14.9. The van der Waals surface area contributed by atoms with Crippen LogP contribution in [-0.2, 0) is 48.1 Å². The summed E-state index contributed by atoms with van der Waals surface area (Å²) in [5.41, 5.74) is 0.857. The number of thioether (sulfide) groups is 1. The second-order valence-corrected chi connectivity index (χ2v) is 22.8. The average Bonchev–Trinajstić information content (AvgIpc) is 3.25. The molecular weight excluding hydrogens is 915 g/mol. The Bertz CT molecular complexity index is 1840. The molecule has 9 aliphatic rings. The van der Waals surface area contributed by atoms with Crippen molar-refractivity contribution < 1.29 is 84.3 Å². The topological polar surface area (TPSA) is 271 Å². The Hall–Kier alpha value is -1.50. The highest BCUT2D eigenvalue weighted by atomic mass is 32.2. The molecule has 0 N–H and O–H groups in total. The molecule has 0 radical (unpaired) electrons. The maximum absolute atomic E-state index is 10.9. The number of quaternary nitrogens is 3. The summed E-state index contributed by atoms with van der Waals surface area (Å²) < 4.78 is 64.1. The van der Waals surface area contributed by atoms with Gasteiger partial charge in [-0.15, -0.1) is 11.8 Å². The number of hydrogen-bond acceptors (Lipinski definition) is 18. The third-order valence-electron chi connectivity index (χ3n) is 13.6. The first-order chi connectivity index (χ1) is 30.1. The summed E-state index contributed by atoms with van der Waals surface area (Å²) in [5, 5.41) is 0.927. The highest BCUT2D eigenvalue weighted by molar-refractivity contribution is 7.99. The number of aromatic nitrogens is 2. The van der Waals surface area contributed by atoms with Gasteiger partial charge in [0.15, 0.2) is 32.4 Å². The minimum Gasteiger partial charge on any atom is -0.790 e. The van der Waals surface area contributed by atoms with Crippen molar-refractivity contribution in [3.63, 3.8) is 0 Å². The third-order valence-corrected chi connectivity index (χ3v) is 16.0. The average molecular weight is 981 g/mol. The van der Waals surface area contributed by atoms with Crippen LogP contribution in [0.3, 0.4) is 0 Å². The molecule has 0 spiro atoms. The van der Waals surface area contributed by atoms with Crippen molar-refractivity contribution in [2.45, 2.75) is 108 Å². The summed E-state index contributed by atoms with van der Waals surface area (Å²) >= 11 is 1.73. The first-order valence-electron chi connectivity index (χ1n) is 22.2. The van der Waals surface area contributed by atoms with Crippen molar-refractivity contribution >= 4 is 35.2 Å². The first-order valence-corrected chi connectivity index (χ1v) is 27.5. The van der Waals surface area contributed by atoms with Crippen LogP contribution in [0.15, 0.2) is 29.8 Å². The Kier molecular flexibility index (Phi) is 19.8. The molecular formula is C40H65N5O15P3S-3. The lowest BCUT2D eigenvalue weighted by Crippen LogP contribution is -2.64. The number of unbranched alkanes of at least 4 members (excludes halogenated alkanes) is 3. The predicted molar refractivity (Wildman–Crippen MR) is 222 cm³/mol. The Morgan fingerprint density at radius 3 is 1.61 bits per heavy atom. The molecule has 9 saturated heterocycles. The van der Waals surface area contributed by atoms with E-state index in [2.05, 4.69) is 43.1 Å². The van der Waals surface area contributed by atoms with Crippen molar-refractivity contribution in [2.24, 2.45) is 17.8 Å². The number of terminal acetylenes is 1. The molecule has 1 aromatic rings. The summed E-state index contributed by atoms with van der Waals surface area (Å²) in [6.07, 6.45) is 21.4. The van der Waals surface area contributed by atoms with Gasteiger partial charge < -0.3 is 70.8 Å². The van der Waals surface area contributed by atoms with E-state index in [0.29, 0.717) is 63.2 Å². The van der Waals surface area contributed by atoms with Crippen LogP contribution in [-0.4, -0.2) is 127 Å². The van der Waals surface area contributed by atoms with Crippen LogP contribution >= 0.6 is 35.2 Å². The van der Waals surface area contributed by atoms with Gasteiger partial charge >= 0.3 is 0 Å². The standard InChI is InChI=1S/C19H32N3O5PS.C11H20NO5P.C10H16NO5P/c1-2-3-4-5-12-29-19-17(20-8-9-21-19)14-26-18-13-22(15-27-28(23,24)25)10-6-16(18)7-11-22;1-9(2)17-11-7-12(8-16-18(13,14)15)5-3-10(11)4-6-12;1-2-15-10-7-11(8-16-17(12,13)14)5-3-9(10)4-6-11/h8-9,16,18H,2-7,10-15H2,1H3,(H-,23,24,25);10-11H,1,3-8H2,2H3,(H-,13,14,15);1,9-10H,3-8H2,(H-,12,13,14)/p-3. The molecule has 3 unspecified atom stereocenters. The van der Waals surface area contributed by atoms with Crippen molar-refractivity contribution in [3.8, 4) is 12.5 Å². The van der Waals surface area contributed by atoms with Gasteiger partial charge in [0.05, 0.1) is 80.8 Å². The molecule has 0 aromatic carbocycles. The van der Waals surface area contributed by atoms with Crippen LogP contribution in [0, 0.1) is 30.3 Å². The number of ether oxygens (including phenoxy) is 3. The third kappa shape index (κ3) is 16.9. The van der Waals surface area contributed by atoms with Crippen LogP contribution in [0.4, 0.5) is 0 Å². The maximum Gasteiger partial charge on any atom is 0.187 e. The Morgan fingerprint density at radius 2 is 1.16 bits per heavy atom. The highest BCUT2D eigenvalue weighted by Gasteiger charge is 2.49. The van der Waals surface area contributed by atoms with Crippen LogP contribution in [0.5, 0.6) is 0 Å². The van der Waals surface area contributed by atoms with E-state index in [0.717, 1.165) is 94.3 Å². The van der Waals surface area contributed by atoms with Gasteiger partial charge in [-0.05, 0) is 19.1 Å². The lowest BCUT2D eigenvalue weighted by atomic mass is 9.83. The Morgan fingerprint density at radius 1 is 0.719 bits per heavy atom. The zero-order valence-electron chi connectivity index (χ0n) is 37.0. The largest absolute Gasteiger partial charge is 0.790 e. The normalized spacial score (nSPS) is 31.8. The Labute approximate surface area is 381 Å². The second-order valence-electron chi connectivity index (χ2n) is 18.2. The van der Waals surface area contributed by atoms with Crippen LogP contribution in [0.2, 0.25) is 0 Å². The van der Waals surface area contributed by atoms with Gasteiger partial charge in [0.1, 0.15) is 36.9 Å². The van der Waals surface area contributed by atoms with Gasteiger partial charge in [-0.2, -0.15) is 0 Å². The van der Waals surface area contributed by atoms with Gasteiger partial charge in [-0.1, -0.05) is 39.2 Å². The fourth-order valence-corrected chi connectivity index (χ4v) is 12.2. The lowest BCUT2D eigenvalue weighted by Gasteiger charge is -2.52. The highest BCUT2D eigenvalue weighted by Crippen LogP contribution is 2.41. The zero-order chi connectivity index (χ0) is 46.7. The van der Waals surface area contributed by atoms with Crippen LogP contribution in [0.25, 0.3) is 0 Å². The molecule has 9 aliphatic heterocycles. The number of hydrogen-bond donors (Lipinski definition) is 0. The van der Waals surface area contributed by atoms with E-state index in [4.69, 9.17) is 20.6 Å². The lowest BCUT2D eigenvalue weighted by molar-refractivity contribution is -0.960. The molecule has 1 aromatic heterocycles. The van der Waals surface area contributed by atoms with Crippen LogP contribution < -0.4 is 29.4 Å². The molecule has 10 rings (SSSR count). The van der Waals surface area contributed by atoms with E-state index in [-0.39, 0.29) is 38.5 Å². The Balaban J connectivity index is 0.000000191. The number of phosphoric acid groups is 3. The number of rotatable bonds is 21. The first kappa shape index (κ1) is 53.5. The summed E-state index contributed by atoms with van der Waals surface area (Å²) in [4.78, 5) is 73.0. The number of allylic oxidation sites excluding steroid dienone is 1. The van der Waals surface area contributed by atoms with Gasteiger partial charge in [-0.3, -0.25) is 18.4 Å². The fraction of sp³-hybridized carbons (Fsp3) is 0.800. The van der Waals surface area contributed by atoms with E-state index in [1.165, 1.54) is 25.7 Å². The molecule has 24 heteroatoms. The number of phosphoric ester groups is 3. The van der Waals surface area contributed by atoms with Crippen molar-refractivity contribution in [3.05, 3.63) is 30.4 Å². The molecule has 0 saturated carbocycles. The fourth-order valence-electron chi connectivity index (χ4n) is 10.0. The molecule has 6 bridgehead atoms. The van der Waals surface area contributed by atoms with Gasteiger partial charge in [0.2, 0.25) is 0 Å². The van der Waals surface area contributed by atoms with Gasteiger partial charge in [0, 0.05) is 68.7 Å². The van der Waals surface area contributed by atoms with Crippen molar-refractivity contribution in [1.29, 1.82) is 0 Å². The number of nitrogens with zero attached hydrogens (tertiary/aromatic N) is 5. The monoisotopic (exact) mass is 980 g/mol. The van der Waals surface area contributed by atoms with Crippen LogP contribution in [0.1, 0.15) is 83.7 Å². The smallest absolute Gasteiger partial charge is 0.187 e. The van der Waals surface area contributed by atoms with Gasteiger partial charge in [-0.25, -0.2) is 4.98 Å². The summed E-state index contributed by atoms with van der Waals surface area (Å²) in [7, 11) is -14.8. The molecule has 20 nitrogen and oxygen atoms in total. The zero-order valence-corrected chi connectivity index (χ0v) is 40.5. The quantitative estimate of drug-likeness (QED) is 0.0416. The summed E-state index contributed by atoms with van der Waals surface area (Å²) in [6, 6.07) is 0.